The van der Waals surface area contributed by atoms with Gasteiger partial charge in [0.1, 0.15) is 12.1 Å². The van der Waals surface area contributed by atoms with Crippen molar-refractivity contribution in [2.45, 2.75) is 32.6 Å². The van der Waals surface area contributed by atoms with E-state index >= 15 is 0 Å². The first kappa shape index (κ1) is 12.4. The van der Waals surface area contributed by atoms with Crippen LogP contribution in [0.5, 0.6) is 0 Å². The summed E-state index contributed by atoms with van der Waals surface area (Å²) in [5.74, 6) is 1.85. The van der Waals surface area contributed by atoms with Crippen LogP contribution in [0.3, 0.4) is 0 Å². The standard InChI is InChI=1S/C16H21N3/c1-2-5-15-10-16(18-12-17-15)19-9-8-13-6-3-4-7-14(13)11-19/h3-4,7,10,12-13H,2,5-6,8-9,11H2,1H3. The van der Waals surface area contributed by atoms with E-state index in [4.69, 9.17) is 0 Å². The number of nitrogens with zero attached hydrogens (tertiary/aromatic N) is 3. The fourth-order valence-electron chi connectivity index (χ4n) is 2.97. The molecule has 2 aliphatic rings. The van der Waals surface area contributed by atoms with Gasteiger partial charge < -0.3 is 4.90 Å². The van der Waals surface area contributed by atoms with Crippen molar-refractivity contribution < 1.29 is 0 Å². The van der Waals surface area contributed by atoms with Crippen LogP contribution in [-0.4, -0.2) is 23.1 Å². The molecule has 0 N–H and O–H groups in total. The lowest BCUT2D eigenvalue weighted by atomic mass is 9.85. The zero-order valence-electron chi connectivity index (χ0n) is 11.5. The second-order valence-corrected chi connectivity index (χ2v) is 5.43. The van der Waals surface area contributed by atoms with Gasteiger partial charge in [-0.25, -0.2) is 9.97 Å². The van der Waals surface area contributed by atoms with Gasteiger partial charge in [0.2, 0.25) is 0 Å². The minimum atomic E-state index is 0.762. The van der Waals surface area contributed by atoms with Crippen LogP contribution in [0, 0.1) is 5.92 Å². The molecule has 1 atom stereocenters. The van der Waals surface area contributed by atoms with E-state index in [1.807, 2.05) is 0 Å². The predicted octanol–water partition coefficient (Wildman–Crippen LogP) is 3.14. The molecule has 2 heterocycles. The maximum absolute atomic E-state index is 4.45. The van der Waals surface area contributed by atoms with Gasteiger partial charge in [-0.1, -0.05) is 31.6 Å². The normalized spacial score (nSPS) is 22.1. The Morgan fingerprint density at radius 1 is 1.37 bits per heavy atom. The van der Waals surface area contributed by atoms with E-state index in [9.17, 15) is 0 Å². The van der Waals surface area contributed by atoms with Crippen molar-refractivity contribution in [2.75, 3.05) is 18.0 Å². The van der Waals surface area contributed by atoms with E-state index < -0.39 is 0 Å². The number of allylic oxidation sites excluding steroid dienone is 3. The quantitative estimate of drug-likeness (QED) is 0.831. The Morgan fingerprint density at radius 3 is 3.21 bits per heavy atom. The van der Waals surface area contributed by atoms with Gasteiger partial charge in [-0.2, -0.15) is 0 Å². The lowest BCUT2D eigenvalue weighted by molar-refractivity contribution is 0.500. The van der Waals surface area contributed by atoms with Crippen LogP contribution < -0.4 is 4.90 Å². The lowest BCUT2D eigenvalue weighted by Crippen LogP contribution is -2.36. The molecule has 1 fully saturated rings. The molecule has 3 rings (SSSR count). The molecular weight excluding hydrogens is 234 g/mol. The highest BCUT2D eigenvalue weighted by molar-refractivity contribution is 5.43. The van der Waals surface area contributed by atoms with Crippen molar-refractivity contribution in [2.24, 2.45) is 5.92 Å². The van der Waals surface area contributed by atoms with Crippen molar-refractivity contribution in [3.8, 4) is 0 Å². The number of hydrogen-bond donors (Lipinski definition) is 0. The van der Waals surface area contributed by atoms with E-state index in [0.717, 1.165) is 43.4 Å². The molecule has 3 heteroatoms. The molecule has 1 saturated heterocycles. The monoisotopic (exact) mass is 255 g/mol. The van der Waals surface area contributed by atoms with Crippen molar-refractivity contribution >= 4 is 5.82 Å². The summed E-state index contributed by atoms with van der Waals surface area (Å²) in [5, 5.41) is 0. The van der Waals surface area contributed by atoms with Crippen LogP contribution in [0.25, 0.3) is 0 Å². The summed E-state index contributed by atoms with van der Waals surface area (Å²) >= 11 is 0. The third-order valence-corrected chi connectivity index (χ3v) is 4.05. The van der Waals surface area contributed by atoms with E-state index in [2.05, 4.69) is 46.1 Å². The first-order valence-corrected chi connectivity index (χ1v) is 7.28. The van der Waals surface area contributed by atoms with Crippen molar-refractivity contribution in [3.05, 3.63) is 41.9 Å². The van der Waals surface area contributed by atoms with Gasteiger partial charge in [0.25, 0.3) is 0 Å². The van der Waals surface area contributed by atoms with Crippen LogP contribution in [0.4, 0.5) is 5.82 Å². The third kappa shape index (κ3) is 2.70. The Morgan fingerprint density at radius 2 is 2.32 bits per heavy atom. The van der Waals surface area contributed by atoms with Gasteiger partial charge in [-0.15, -0.1) is 0 Å². The largest absolute Gasteiger partial charge is 0.352 e. The minimum Gasteiger partial charge on any atom is -0.352 e. The summed E-state index contributed by atoms with van der Waals surface area (Å²) in [6.07, 6.45) is 13.1. The van der Waals surface area contributed by atoms with Crippen LogP contribution in [0.1, 0.15) is 31.9 Å². The van der Waals surface area contributed by atoms with Crippen LogP contribution in [0.2, 0.25) is 0 Å². The fourth-order valence-corrected chi connectivity index (χ4v) is 2.97. The Balaban J connectivity index is 1.77. The first-order chi connectivity index (χ1) is 9.36. The number of anilines is 1. The number of hydrogen-bond acceptors (Lipinski definition) is 3. The molecule has 0 aromatic carbocycles. The summed E-state index contributed by atoms with van der Waals surface area (Å²) in [6, 6.07) is 2.16. The van der Waals surface area contributed by atoms with Gasteiger partial charge in [-0.05, 0) is 30.8 Å². The summed E-state index contributed by atoms with van der Waals surface area (Å²) in [4.78, 5) is 11.2. The lowest BCUT2D eigenvalue weighted by Gasteiger charge is -2.35. The predicted molar refractivity (Wildman–Crippen MR) is 78.2 cm³/mol. The number of piperidine rings is 1. The molecule has 3 nitrogen and oxygen atoms in total. The highest BCUT2D eigenvalue weighted by atomic mass is 15.2. The van der Waals surface area contributed by atoms with E-state index in [0.29, 0.717) is 0 Å². The number of fused-ring (bicyclic) bond motifs is 1. The molecule has 1 aromatic heterocycles. The number of aromatic nitrogens is 2. The zero-order valence-corrected chi connectivity index (χ0v) is 11.5. The summed E-state index contributed by atoms with van der Waals surface area (Å²) in [7, 11) is 0. The molecular formula is C16H21N3. The average molecular weight is 255 g/mol. The maximum atomic E-state index is 4.45. The molecule has 0 radical (unpaired) electrons. The second kappa shape index (κ2) is 5.55. The zero-order chi connectivity index (χ0) is 13.1. The molecule has 1 aliphatic carbocycles. The Bertz CT molecular complexity index is 504. The second-order valence-electron chi connectivity index (χ2n) is 5.43. The smallest absolute Gasteiger partial charge is 0.132 e. The van der Waals surface area contributed by atoms with Gasteiger partial charge in [0, 0.05) is 24.8 Å². The minimum absolute atomic E-state index is 0.762. The maximum Gasteiger partial charge on any atom is 0.132 e. The molecule has 0 amide bonds. The van der Waals surface area contributed by atoms with Gasteiger partial charge in [-0.3, -0.25) is 0 Å². The fraction of sp³-hybridized carbons (Fsp3) is 0.500. The SMILES string of the molecule is CCCc1cc(N2CCC3CC=CC=C3C2)ncn1. The van der Waals surface area contributed by atoms with Crippen molar-refractivity contribution in [1.82, 2.24) is 9.97 Å². The number of aryl methyl sites for hydroxylation is 1. The van der Waals surface area contributed by atoms with Crippen LogP contribution >= 0.6 is 0 Å². The highest BCUT2D eigenvalue weighted by Gasteiger charge is 2.24. The van der Waals surface area contributed by atoms with Gasteiger partial charge in [0.05, 0.1) is 0 Å². The van der Waals surface area contributed by atoms with Crippen molar-refractivity contribution in [1.29, 1.82) is 0 Å². The van der Waals surface area contributed by atoms with Crippen LogP contribution in [-0.2, 0) is 6.42 Å². The van der Waals surface area contributed by atoms with E-state index in [1.165, 1.54) is 12.8 Å². The first-order valence-electron chi connectivity index (χ1n) is 7.28. The number of rotatable bonds is 3. The van der Waals surface area contributed by atoms with Crippen LogP contribution in [0.15, 0.2) is 36.2 Å². The Hall–Kier alpha value is -1.64. The van der Waals surface area contributed by atoms with E-state index in [-0.39, 0.29) is 0 Å². The highest BCUT2D eigenvalue weighted by Crippen LogP contribution is 2.30. The molecule has 0 bridgehead atoms. The Kier molecular flexibility index (Phi) is 3.62. The Labute approximate surface area is 115 Å². The third-order valence-electron chi connectivity index (χ3n) is 4.05. The molecule has 1 aliphatic heterocycles. The summed E-state index contributed by atoms with van der Waals surface area (Å²) in [5.41, 5.74) is 2.72. The molecule has 1 aromatic rings. The molecule has 100 valence electrons. The van der Waals surface area contributed by atoms with Gasteiger partial charge in [0.15, 0.2) is 0 Å². The van der Waals surface area contributed by atoms with Gasteiger partial charge >= 0.3 is 0 Å². The topological polar surface area (TPSA) is 29.0 Å². The van der Waals surface area contributed by atoms with E-state index in [1.54, 1.807) is 11.9 Å². The summed E-state index contributed by atoms with van der Waals surface area (Å²) < 4.78 is 0. The van der Waals surface area contributed by atoms with Crippen molar-refractivity contribution in [3.63, 3.8) is 0 Å². The molecule has 0 spiro atoms. The molecule has 19 heavy (non-hydrogen) atoms. The summed E-state index contributed by atoms with van der Waals surface area (Å²) in [6.45, 7) is 4.32. The molecule has 1 unspecified atom stereocenters. The average Bonchev–Trinajstić information content (AvgIpc) is 2.47. The molecule has 0 saturated carbocycles.